The zero-order chi connectivity index (χ0) is 15.3. The van der Waals surface area contributed by atoms with Gasteiger partial charge in [-0.3, -0.25) is 0 Å². The van der Waals surface area contributed by atoms with Crippen molar-refractivity contribution in [1.29, 1.82) is 0 Å². The first kappa shape index (κ1) is 19.0. The molecule has 0 spiro atoms. The quantitative estimate of drug-likeness (QED) is 0.520. The van der Waals surface area contributed by atoms with Crippen LogP contribution in [0.2, 0.25) is 0 Å². The molecule has 0 aromatic carbocycles. The van der Waals surface area contributed by atoms with E-state index in [0.717, 1.165) is 13.0 Å². The van der Waals surface area contributed by atoms with Gasteiger partial charge in [-0.15, -0.1) is 0 Å². The lowest BCUT2D eigenvalue weighted by Crippen LogP contribution is -2.37. The Morgan fingerprint density at radius 3 is 1.79 bits per heavy atom. The molecule has 0 aromatic heterocycles. The lowest BCUT2D eigenvalue weighted by Gasteiger charge is -2.42. The topological polar surface area (TPSA) is 9.23 Å². The van der Waals surface area contributed by atoms with Gasteiger partial charge in [-0.05, 0) is 42.4 Å². The summed E-state index contributed by atoms with van der Waals surface area (Å²) in [4.78, 5) is 0. The molecule has 1 unspecified atom stereocenters. The summed E-state index contributed by atoms with van der Waals surface area (Å²) in [6.45, 7) is 21.7. The van der Waals surface area contributed by atoms with Crippen LogP contribution >= 0.6 is 0 Å². The van der Waals surface area contributed by atoms with Gasteiger partial charge in [0.15, 0.2) is 0 Å². The summed E-state index contributed by atoms with van der Waals surface area (Å²) < 4.78 is 6.13. The van der Waals surface area contributed by atoms with Crippen LogP contribution in [-0.4, -0.2) is 12.7 Å². The van der Waals surface area contributed by atoms with Crippen molar-refractivity contribution in [3.63, 3.8) is 0 Å². The molecular weight excluding hydrogens is 232 g/mol. The van der Waals surface area contributed by atoms with Crippen molar-refractivity contribution in [2.45, 2.75) is 94.1 Å². The van der Waals surface area contributed by atoms with E-state index in [1.165, 1.54) is 19.3 Å². The van der Waals surface area contributed by atoms with Gasteiger partial charge < -0.3 is 4.74 Å². The molecule has 0 aliphatic carbocycles. The van der Waals surface area contributed by atoms with Crippen LogP contribution in [0, 0.1) is 16.2 Å². The molecule has 0 rings (SSSR count). The largest absolute Gasteiger partial charge is 0.378 e. The molecule has 1 nitrogen and oxygen atoms in total. The number of rotatable bonds is 8. The fraction of sp³-hybridized carbons (Fsp3) is 1.00. The minimum Gasteiger partial charge on any atom is -0.378 e. The fourth-order valence-corrected chi connectivity index (χ4v) is 2.23. The first-order chi connectivity index (χ1) is 8.41. The maximum atomic E-state index is 6.13. The third-order valence-electron chi connectivity index (χ3n) is 4.74. The standard InChI is InChI=1S/C18H38O/c1-10-12-17(6,7)18(8,9)14-19-15(2)11-13-16(3,4)5/h15H,10-14H2,1-9H3. The highest BCUT2D eigenvalue weighted by Gasteiger charge is 2.36. The van der Waals surface area contributed by atoms with E-state index < -0.39 is 0 Å². The molecule has 0 saturated carbocycles. The van der Waals surface area contributed by atoms with E-state index in [2.05, 4.69) is 62.3 Å². The molecule has 0 bridgehead atoms. The molecule has 0 N–H and O–H groups in total. The molecular formula is C18H38O. The summed E-state index contributed by atoms with van der Waals surface area (Å²) in [6.07, 6.45) is 5.27. The molecule has 19 heavy (non-hydrogen) atoms. The van der Waals surface area contributed by atoms with Gasteiger partial charge in [0.1, 0.15) is 0 Å². The zero-order valence-electron chi connectivity index (χ0n) is 15.0. The predicted octanol–water partition coefficient (Wildman–Crippen LogP) is 6.07. The third-order valence-corrected chi connectivity index (χ3v) is 4.74. The van der Waals surface area contributed by atoms with Crippen LogP contribution in [0.15, 0.2) is 0 Å². The van der Waals surface area contributed by atoms with Crippen LogP contribution in [-0.2, 0) is 4.74 Å². The van der Waals surface area contributed by atoms with Gasteiger partial charge in [-0.25, -0.2) is 0 Å². The van der Waals surface area contributed by atoms with Gasteiger partial charge in [-0.1, -0.05) is 61.8 Å². The summed E-state index contributed by atoms with van der Waals surface area (Å²) in [7, 11) is 0. The van der Waals surface area contributed by atoms with E-state index in [1.54, 1.807) is 0 Å². The Bertz CT molecular complexity index is 245. The number of hydrogen-bond acceptors (Lipinski definition) is 1. The van der Waals surface area contributed by atoms with Crippen molar-refractivity contribution in [2.75, 3.05) is 6.61 Å². The summed E-state index contributed by atoms with van der Waals surface area (Å²) in [5.74, 6) is 0. The molecule has 0 radical (unpaired) electrons. The van der Waals surface area contributed by atoms with Crippen molar-refractivity contribution in [2.24, 2.45) is 16.2 Å². The molecule has 0 fully saturated rings. The summed E-state index contributed by atoms with van der Waals surface area (Å²) in [5.41, 5.74) is 0.985. The highest BCUT2D eigenvalue weighted by atomic mass is 16.5. The molecule has 0 aliphatic heterocycles. The molecule has 1 atom stereocenters. The van der Waals surface area contributed by atoms with E-state index in [-0.39, 0.29) is 5.41 Å². The minimum absolute atomic E-state index is 0.235. The van der Waals surface area contributed by atoms with Gasteiger partial charge >= 0.3 is 0 Å². The number of ether oxygens (including phenoxy) is 1. The summed E-state index contributed by atoms with van der Waals surface area (Å²) >= 11 is 0. The van der Waals surface area contributed by atoms with Gasteiger partial charge in [-0.2, -0.15) is 0 Å². The Hall–Kier alpha value is -0.0400. The predicted molar refractivity (Wildman–Crippen MR) is 86.6 cm³/mol. The second-order valence-corrected chi connectivity index (χ2v) is 8.74. The average Bonchev–Trinajstić information content (AvgIpc) is 2.22. The van der Waals surface area contributed by atoms with E-state index >= 15 is 0 Å². The minimum atomic E-state index is 0.235. The van der Waals surface area contributed by atoms with Gasteiger partial charge in [0.05, 0.1) is 12.7 Å². The molecule has 0 saturated heterocycles. The summed E-state index contributed by atoms with van der Waals surface area (Å²) in [5, 5.41) is 0. The Balaban J connectivity index is 4.23. The van der Waals surface area contributed by atoms with Crippen LogP contribution in [0.25, 0.3) is 0 Å². The number of hydrogen-bond donors (Lipinski definition) is 0. The van der Waals surface area contributed by atoms with Crippen LogP contribution in [0.1, 0.15) is 88.0 Å². The zero-order valence-corrected chi connectivity index (χ0v) is 15.0. The lowest BCUT2D eigenvalue weighted by molar-refractivity contribution is -0.0469. The van der Waals surface area contributed by atoms with Crippen molar-refractivity contribution in [1.82, 2.24) is 0 Å². The van der Waals surface area contributed by atoms with Crippen LogP contribution in [0.5, 0.6) is 0 Å². The second-order valence-electron chi connectivity index (χ2n) is 8.74. The molecule has 116 valence electrons. The SMILES string of the molecule is CCCC(C)(C)C(C)(C)COC(C)CCC(C)(C)C. The highest BCUT2D eigenvalue weighted by molar-refractivity contribution is 4.85. The van der Waals surface area contributed by atoms with Crippen molar-refractivity contribution in [3.05, 3.63) is 0 Å². The lowest BCUT2D eigenvalue weighted by atomic mass is 9.66. The molecule has 1 heteroatoms. The molecule has 0 aromatic rings. The summed E-state index contributed by atoms with van der Waals surface area (Å²) in [6, 6.07) is 0. The molecule has 0 aliphatic rings. The van der Waals surface area contributed by atoms with Crippen LogP contribution in [0.4, 0.5) is 0 Å². The fourth-order valence-electron chi connectivity index (χ4n) is 2.23. The van der Waals surface area contributed by atoms with Crippen LogP contribution in [0.3, 0.4) is 0 Å². The first-order valence-electron chi connectivity index (χ1n) is 8.03. The maximum absolute atomic E-state index is 6.13. The van der Waals surface area contributed by atoms with E-state index in [1.807, 2.05) is 0 Å². The normalized spacial score (nSPS) is 15.6. The second kappa shape index (κ2) is 7.11. The van der Waals surface area contributed by atoms with Gasteiger partial charge in [0.2, 0.25) is 0 Å². The van der Waals surface area contributed by atoms with E-state index in [9.17, 15) is 0 Å². The maximum Gasteiger partial charge on any atom is 0.0547 e. The smallest absolute Gasteiger partial charge is 0.0547 e. The molecule has 0 heterocycles. The van der Waals surface area contributed by atoms with Crippen LogP contribution < -0.4 is 0 Å². The third kappa shape index (κ3) is 7.34. The van der Waals surface area contributed by atoms with E-state index in [0.29, 0.717) is 16.9 Å². The Labute approximate surface area is 122 Å². The van der Waals surface area contributed by atoms with Gasteiger partial charge in [0, 0.05) is 0 Å². The van der Waals surface area contributed by atoms with E-state index in [4.69, 9.17) is 4.74 Å². The monoisotopic (exact) mass is 270 g/mol. The molecule has 0 amide bonds. The van der Waals surface area contributed by atoms with Crippen molar-refractivity contribution < 1.29 is 4.74 Å². The first-order valence-corrected chi connectivity index (χ1v) is 8.03. The van der Waals surface area contributed by atoms with Gasteiger partial charge in [0.25, 0.3) is 0 Å². The highest BCUT2D eigenvalue weighted by Crippen LogP contribution is 2.42. The Kier molecular flexibility index (Phi) is 7.09. The van der Waals surface area contributed by atoms with Crippen molar-refractivity contribution >= 4 is 0 Å². The average molecular weight is 271 g/mol. The van der Waals surface area contributed by atoms with Crippen molar-refractivity contribution in [3.8, 4) is 0 Å². The Morgan fingerprint density at radius 2 is 1.37 bits per heavy atom. The Morgan fingerprint density at radius 1 is 0.842 bits per heavy atom.